The van der Waals surface area contributed by atoms with E-state index in [1.54, 1.807) is 0 Å². The molecule has 2 N–H and O–H groups in total. The van der Waals surface area contributed by atoms with Gasteiger partial charge in [-0.05, 0) is 13.5 Å². The van der Waals surface area contributed by atoms with Crippen LogP contribution in [-0.4, -0.2) is 49.4 Å². The maximum Gasteiger partial charge on any atom is 0.151 e. The number of hydrogen-bond donors (Lipinski definition) is 1. The van der Waals surface area contributed by atoms with Gasteiger partial charge in [-0.15, -0.1) is 0 Å². The van der Waals surface area contributed by atoms with E-state index in [0.717, 1.165) is 0 Å². The zero-order chi connectivity index (χ0) is 10.1. The SMILES string of the molecule is CN(CC(N)=S)C1CCS(=O)(=O)C1. The maximum atomic E-state index is 11.1. The Bertz CT molecular complexity index is 300. The summed E-state index contributed by atoms with van der Waals surface area (Å²) < 4.78 is 22.3. The van der Waals surface area contributed by atoms with Crippen molar-refractivity contribution < 1.29 is 8.42 Å². The van der Waals surface area contributed by atoms with Crippen molar-refractivity contribution in [3.63, 3.8) is 0 Å². The fourth-order valence-corrected chi connectivity index (χ4v) is 3.51. The Morgan fingerprint density at radius 2 is 2.31 bits per heavy atom. The van der Waals surface area contributed by atoms with Crippen LogP contribution in [0.2, 0.25) is 0 Å². The molecule has 0 aromatic heterocycles. The minimum Gasteiger partial charge on any atom is -0.392 e. The largest absolute Gasteiger partial charge is 0.392 e. The van der Waals surface area contributed by atoms with E-state index in [-0.39, 0.29) is 11.8 Å². The third-order valence-corrected chi connectivity index (χ3v) is 4.12. The van der Waals surface area contributed by atoms with Gasteiger partial charge in [0, 0.05) is 12.6 Å². The van der Waals surface area contributed by atoms with Gasteiger partial charge in [0.25, 0.3) is 0 Å². The zero-order valence-electron chi connectivity index (χ0n) is 7.56. The highest BCUT2D eigenvalue weighted by atomic mass is 32.2. The first-order valence-corrected chi connectivity index (χ1v) is 6.32. The van der Waals surface area contributed by atoms with Gasteiger partial charge >= 0.3 is 0 Å². The predicted octanol–water partition coefficient (Wildman–Crippen LogP) is -0.609. The van der Waals surface area contributed by atoms with Crippen LogP contribution in [0, 0.1) is 0 Å². The molecule has 1 aliphatic heterocycles. The molecule has 0 aromatic rings. The van der Waals surface area contributed by atoms with Crippen LogP contribution in [0.3, 0.4) is 0 Å². The van der Waals surface area contributed by atoms with Crippen molar-refractivity contribution in [2.75, 3.05) is 25.1 Å². The molecule has 6 heteroatoms. The molecule has 1 aliphatic rings. The molecule has 0 amide bonds. The molecule has 1 atom stereocenters. The van der Waals surface area contributed by atoms with Crippen LogP contribution < -0.4 is 5.73 Å². The summed E-state index contributed by atoms with van der Waals surface area (Å²) in [7, 11) is -0.950. The zero-order valence-corrected chi connectivity index (χ0v) is 9.20. The molecule has 0 aliphatic carbocycles. The van der Waals surface area contributed by atoms with Crippen molar-refractivity contribution in [1.29, 1.82) is 0 Å². The summed E-state index contributed by atoms with van der Waals surface area (Å²) in [5.41, 5.74) is 5.37. The fraction of sp³-hybridized carbons (Fsp3) is 0.857. The summed E-state index contributed by atoms with van der Waals surface area (Å²) in [6.45, 7) is 0.496. The number of sulfone groups is 1. The molecule has 0 radical (unpaired) electrons. The lowest BCUT2D eigenvalue weighted by Crippen LogP contribution is -2.38. The smallest absolute Gasteiger partial charge is 0.151 e. The van der Waals surface area contributed by atoms with Gasteiger partial charge < -0.3 is 5.73 Å². The van der Waals surface area contributed by atoms with Crippen molar-refractivity contribution in [2.24, 2.45) is 5.73 Å². The first kappa shape index (κ1) is 10.9. The Hall–Kier alpha value is -0.200. The molecule has 0 aromatic carbocycles. The molecule has 1 fully saturated rings. The van der Waals surface area contributed by atoms with Crippen LogP contribution in [0.4, 0.5) is 0 Å². The third kappa shape index (κ3) is 3.21. The molecule has 0 spiro atoms. The monoisotopic (exact) mass is 222 g/mol. The molecule has 1 heterocycles. The molecule has 1 unspecified atom stereocenters. The Morgan fingerprint density at radius 3 is 2.69 bits per heavy atom. The summed E-state index contributed by atoms with van der Waals surface area (Å²) in [6.07, 6.45) is 0.696. The van der Waals surface area contributed by atoms with E-state index >= 15 is 0 Å². The van der Waals surface area contributed by atoms with E-state index in [2.05, 4.69) is 0 Å². The molecule has 4 nitrogen and oxygen atoms in total. The highest BCUT2D eigenvalue weighted by Crippen LogP contribution is 2.15. The molecular weight excluding hydrogens is 208 g/mol. The van der Waals surface area contributed by atoms with Crippen LogP contribution in [0.15, 0.2) is 0 Å². The Balaban J connectivity index is 2.51. The Labute approximate surface area is 84.0 Å². The maximum absolute atomic E-state index is 11.1. The third-order valence-electron chi connectivity index (χ3n) is 2.24. The second-order valence-corrected chi connectivity index (χ2v) is 6.19. The van der Waals surface area contributed by atoms with Gasteiger partial charge in [-0.2, -0.15) is 0 Å². The summed E-state index contributed by atoms with van der Waals surface area (Å²) in [6, 6.07) is 0.0894. The first-order valence-electron chi connectivity index (χ1n) is 4.10. The van der Waals surface area contributed by atoms with Gasteiger partial charge in [0.05, 0.1) is 16.5 Å². The molecule has 13 heavy (non-hydrogen) atoms. The summed E-state index contributed by atoms with van der Waals surface area (Å²) in [4.78, 5) is 2.32. The van der Waals surface area contributed by atoms with Crippen LogP contribution in [0.25, 0.3) is 0 Å². The highest BCUT2D eigenvalue weighted by Gasteiger charge is 2.30. The van der Waals surface area contributed by atoms with Gasteiger partial charge in [0.2, 0.25) is 0 Å². The molecule has 1 rings (SSSR count). The lowest BCUT2D eigenvalue weighted by atomic mass is 10.2. The number of nitrogens with two attached hydrogens (primary N) is 1. The summed E-state index contributed by atoms with van der Waals surface area (Å²) in [5, 5.41) is 0. The number of rotatable bonds is 3. The molecule has 0 bridgehead atoms. The topological polar surface area (TPSA) is 63.4 Å². The standard InChI is InChI=1S/C7H14N2O2S2/c1-9(4-7(8)12)6-2-3-13(10,11)5-6/h6H,2-5H2,1H3,(H2,8,12). The highest BCUT2D eigenvalue weighted by molar-refractivity contribution is 7.91. The van der Waals surface area contributed by atoms with Crippen LogP contribution in [-0.2, 0) is 9.84 Å². The van der Waals surface area contributed by atoms with Crippen molar-refractivity contribution in [3.8, 4) is 0 Å². The second-order valence-electron chi connectivity index (χ2n) is 3.44. The first-order chi connectivity index (χ1) is 5.91. The minimum atomic E-state index is -2.80. The van der Waals surface area contributed by atoms with Gasteiger partial charge in [0.1, 0.15) is 0 Å². The Kier molecular flexibility index (Phi) is 3.26. The van der Waals surface area contributed by atoms with Gasteiger partial charge in [-0.25, -0.2) is 8.42 Å². The van der Waals surface area contributed by atoms with Crippen molar-refractivity contribution in [1.82, 2.24) is 4.90 Å². The van der Waals surface area contributed by atoms with Gasteiger partial charge in [-0.1, -0.05) is 12.2 Å². The average molecular weight is 222 g/mol. The fourth-order valence-electron chi connectivity index (χ4n) is 1.50. The van der Waals surface area contributed by atoms with E-state index in [1.165, 1.54) is 0 Å². The second kappa shape index (κ2) is 3.89. The van der Waals surface area contributed by atoms with E-state index in [1.807, 2.05) is 11.9 Å². The average Bonchev–Trinajstić information content (AvgIpc) is 2.28. The quantitative estimate of drug-likeness (QED) is 0.646. The summed E-state index contributed by atoms with van der Waals surface area (Å²) in [5.74, 6) is 0.533. The molecule has 1 saturated heterocycles. The molecular formula is C7H14N2O2S2. The lowest BCUT2D eigenvalue weighted by Gasteiger charge is -2.21. The van der Waals surface area contributed by atoms with Crippen LogP contribution >= 0.6 is 12.2 Å². The van der Waals surface area contributed by atoms with E-state index < -0.39 is 9.84 Å². The number of thiocarbonyl (C=S) groups is 1. The molecule has 76 valence electrons. The lowest BCUT2D eigenvalue weighted by molar-refractivity contribution is 0.298. The van der Waals surface area contributed by atoms with E-state index in [9.17, 15) is 8.42 Å². The van der Waals surface area contributed by atoms with Gasteiger partial charge in [-0.3, -0.25) is 4.90 Å². The normalized spacial score (nSPS) is 26.5. The van der Waals surface area contributed by atoms with Crippen molar-refractivity contribution >= 4 is 27.0 Å². The van der Waals surface area contributed by atoms with Gasteiger partial charge in [0.15, 0.2) is 9.84 Å². The van der Waals surface area contributed by atoms with Crippen molar-refractivity contribution in [2.45, 2.75) is 12.5 Å². The van der Waals surface area contributed by atoms with E-state index in [0.29, 0.717) is 23.7 Å². The van der Waals surface area contributed by atoms with Crippen LogP contribution in [0.5, 0.6) is 0 Å². The summed E-state index contributed by atoms with van der Waals surface area (Å²) >= 11 is 4.75. The predicted molar refractivity (Wildman–Crippen MR) is 56.5 cm³/mol. The number of nitrogens with zero attached hydrogens (tertiary/aromatic N) is 1. The number of likely N-dealkylation sites (N-methyl/N-ethyl adjacent to an activating group) is 1. The number of hydrogen-bond acceptors (Lipinski definition) is 4. The minimum absolute atomic E-state index is 0.0894. The van der Waals surface area contributed by atoms with Crippen LogP contribution in [0.1, 0.15) is 6.42 Å². The van der Waals surface area contributed by atoms with Crippen molar-refractivity contribution in [3.05, 3.63) is 0 Å². The van der Waals surface area contributed by atoms with E-state index in [4.69, 9.17) is 18.0 Å². The molecule has 0 saturated carbocycles. The Morgan fingerprint density at radius 1 is 1.69 bits per heavy atom.